The zero-order valence-corrected chi connectivity index (χ0v) is 14.0. The molecule has 1 aliphatic rings. The predicted molar refractivity (Wildman–Crippen MR) is 86.3 cm³/mol. The van der Waals surface area contributed by atoms with Gasteiger partial charge in [0.2, 0.25) is 10.0 Å². The normalized spacial score (nSPS) is 22.5. The highest BCUT2D eigenvalue weighted by molar-refractivity contribution is 7.88. The maximum absolute atomic E-state index is 11.8. The van der Waals surface area contributed by atoms with Gasteiger partial charge in [0.15, 0.2) is 5.82 Å². The lowest BCUT2D eigenvalue weighted by Crippen LogP contribution is -2.28. The van der Waals surface area contributed by atoms with Crippen LogP contribution in [0.5, 0.6) is 0 Å². The van der Waals surface area contributed by atoms with Crippen LogP contribution in [0.2, 0.25) is 0 Å². The Labute approximate surface area is 135 Å². The number of methoxy groups -OCH3 is 1. The average Bonchev–Trinajstić information content (AvgIpc) is 3.14. The van der Waals surface area contributed by atoms with Gasteiger partial charge >= 0.3 is 0 Å². The van der Waals surface area contributed by atoms with E-state index in [1.165, 1.54) is 10.6 Å². The molecule has 7 nitrogen and oxygen atoms in total. The van der Waals surface area contributed by atoms with E-state index in [9.17, 15) is 8.42 Å². The highest BCUT2D eigenvalue weighted by Gasteiger charge is 2.39. The molecule has 1 aromatic carbocycles. The molecule has 2 aromatic rings. The Morgan fingerprint density at radius 1 is 1.30 bits per heavy atom. The van der Waals surface area contributed by atoms with Crippen LogP contribution < -0.4 is 0 Å². The van der Waals surface area contributed by atoms with E-state index in [4.69, 9.17) is 4.74 Å². The van der Waals surface area contributed by atoms with Gasteiger partial charge in [0.1, 0.15) is 5.82 Å². The van der Waals surface area contributed by atoms with Crippen molar-refractivity contribution < 1.29 is 13.2 Å². The lowest BCUT2D eigenvalue weighted by Gasteiger charge is -2.14. The van der Waals surface area contributed by atoms with Crippen molar-refractivity contribution in [1.29, 1.82) is 0 Å². The molecule has 0 spiro atoms. The van der Waals surface area contributed by atoms with Crippen LogP contribution in [-0.4, -0.2) is 61.0 Å². The molecule has 2 heterocycles. The number of hydrogen-bond donors (Lipinski definition) is 1. The minimum absolute atomic E-state index is 0.0466. The van der Waals surface area contributed by atoms with Crippen LogP contribution >= 0.6 is 0 Å². The molecule has 0 radical (unpaired) electrons. The van der Waals surface area contributed by atoms with E-state index in [1.54, 1.807) is 7.11 Å². The van der Waals surface area contributed by atoms with Gasteiger partial charge in [0.05, 0.1) is 12.9 Å². The van der Waals surface area contributed by atoms with Crippen LogP contribution in [0.25, 0.3) is 11.4 Å². The van der Waals surface area contributed by atoms with E-state index < -0.39 is 10.0 Å². The molecule has 124 valence electrons. The molecule has 23 heavy (non-hydrogen) atoms. The van der Waals surface area contributed by atoms with Gasteiger partial charge in [-0.2, -0.15) is 5.10 Å². The van der Waals surface area contributed by atoms with Crippen molar-refractivity contribution in [2.75, 3.05) is 33.1 Å². The second kappa shape index (κ2) is 6.38. The number of H-pyrrole nitrogens is 1. The molecule has 0 saturated carbocycles. The van der Waals surface area contributed by atoms with E-state index in [1.807, 2.05) is 30.3 Å². The molecule has 1 saturated heterocycles. The Morgan fingerprint density at radius 3 is 2.70 bits per heavy atom. The predicted octanol–water partition coefficient (Wildman–Crippen LogP) is 1.09. The number of benzene rings is 1. The van der Waals surface area contributed by atoms with Crippen LogP contribution in [0.15, 0.2) is 30.3 Å². The third-order valence-corrected chi connectivity index (χ3v) is 5.38. The summed E-state index contributed by atoms with van der Waals surface area (Å²) in [6.45, 7) is 1.33. The fourth-order valence-corrected chi connectivity index (χ4v) is 3.85. The van der Waals surface area contributed by atoms with Crippen molar-refractivity contribution >= 4 is 10.0 Å². The van der Waals surface area contributed by atoms with Crippen LogP contribution in [-0.2, 0) is 14.8 Å². The Hall–Kier alpha value is -1.77. The fraction of sp³-hybridized carbons (Fsp3) is 0.467. The Kier molecular flexibility index (Phi) is 4.47. The highest BCUT2D eigenvalue weighted by Crippen LogP contribution is 2.33. The lowest BCUT2D eigenvalue weighted by molar-refractivity contribution is 0.150. The largest absolute Gasteiger partial charge is 0.384 e. The van der Waals surface area contributed by atoms with Crippen LogP contribution in [0.1, 0.15) is 11.7 Å². The first-order chi connectivity index (χ1) is 11.0. The summed E-state index contributed by atoms with van der Waals surface area (Å²) in [6, 6.07) is 9.68. The molecule has 2 atom stereocenters. The number of sulfonamides is 1. The third kappa shape index (κ3) is 3.44. The Balaban J connectivity index is 1.86. The van der Waals surface area contributed by atoms with Gasteiger partial charge in [-0.1, -0.05) is 30.3 Å². The number of aromatic nitrogens is 3. The topological polar surface area (TPSA) is 88.2 Å². The summed E-state index contributed by atoms with van der Waals surface area (Å²) in [5.41, 5.74) is 0.927. The first kappa shape index (κ1) is 16.1. The zero-order valence-electron chi connectivity index (χ0n) is 13.1. The molecular formula is C15H20N4O3S. The fourth-order valence-electron chi connectivity index (χ4n) is 2.95. The second-order valence-corrected chi connectivity index (χ2v) is 7.79. The van der Waals surface area contributed by atoms with Gasteiger partial charge in [-0.15, -0.1) is 0 Å². The zero-order chi connectivity index (χ0) is 16.4. The summed E-state index contributed by atoms with van der Waals surface area (Å²) in [6.07, 6.45) is 1.23. The summed E-state index contributed by atoms with van der Waals surface area (Å²) in [5, 5.41) is 7.24. The molecule has 0 unspecified atom stereocenters. The van der Waals surface area contributed by atoms with E-state index in [-0.39, 0.29) is 11.8 Å². The van der Waals surface area contributed by atoms with Crippen molar-refractivity contribution in [3.05, 3.63) is 36.2 Å². The van der Waals surface area contributed by atoms with Crippen molar-refractivity contribution in [2.45, 2.75) is 5.92 Å². The van der Waals surface area contributed by atoms with E-state index in [2.05, 4.69) is 15.2 Å². The summed E-state index contributed by atoms with van der Waals surface area (Å²) in [5.74, 6) is 1.34. The number of ether oxygens (including phenoxy) is 1. The van der Waals surface area contributed by atoms with Gasteiger partial charge in [-0.05, 0) is 0 Å². The summed E-state index contributed by atoms with van der Waals surface area (Å²) < 4.78 is 30.4. The standard InChI is InChI=1S/C15H20N4O3S/c1-22-10-12-8-19(23(2,20)21)9-13(12)15-16-14(17-18-15)11-6-4-3-5-7-11/h3-7,12-13H,8-10H2,1-2H3,(H,16,17,18)/t12-,13+/m0/s1. The van der Waals surface area contributed by atoms with E-state index in [0.717, 1.165) is 5.56 Å². The first-order valence-electron chi connectivity index (χ1n) is 7.41. The maximum atomic E-state index is 11.8. The van der Waals surface area contributed by atoms with Crippen LogP contribution in [0, 0.1) is 5.92 Å². The minimum atomic E-state index is -3.22. The second-order valence-electron chi connectivity index (χ2n) is 5.81. The molecule has 1 aliphatic heterocycles. The van der Waals surface area contributed by atoms with Gasteiger partial charge in [0.25, 0.3) is 0 Å². The Morgan fingerprint density at radius 2 is 2.04 bits per heavy atom. The van der Waals surface area contributed by atoms with Crippen molar-refractivity contribution in [1.82, 2.24) is 19.5 Å². The number of aromatic amines is 1. The number of nitrogens with one attached hydrogen (secondary N) is 1. The number of rotatable bonds is 5. The van der Waals surface area contributed by atoms with Gasteiger partial charge < -0.3 is 4.74 Å². The molecule has 0 aliphatic carbocycles. The van der Waals surface area contributed by atoms with E-state index in [0.29, 0.717) is 31.3 Å². The summed E-state index contributed by atoms with van der Waals surface area (Å²) in [7, 11) is -1.60. The summed E-state index contributed by atoms with van der Waals surface area (Å²) in [4.78, 5) is 4.57. The van der Waals surface area contributed by atoms with Crippen LogP contribution in [0.3, 0.4) is 0 Å². The van der Waals surface area contributed by atoms with Crippen molar-refractivity contribution in [2.24, 2.45) is 5.92 Å². The molecule has 3 rings (SSSR count). The minimum Gasteiger partial charge on any atom is -0.384 e. The first-order valence-corrected chi connectivity index (χ1v) is 9.25. The maximum Gasteiger partial charge on any atom is 0.211 e. The van der Waals surface area contributed by atoms with E-state index >= 15 is 0 Å². The smallest absolute Gasteiger partial charge is 0.211 e. The highest BCUT2D eigenvalue weighted by atomic mass is 32.2. The molecule has 8 heteroatoms. The number of hydrogen-bond acceptors (Lipinski definition) is 5. The van der Waals surface area contributed by atoms with Crippen molar-refractivity contribution in [3.63, 3.8) is 0 Å². The lowest BCUT2D eigenvalue weighted by atomic mass is 9.96. The van der Waals surface area contributed by atoms with Crippen molar-refractivity contribution in [3.8, 4) is 11.4 Å². The third-order valence-electron chi connectivity index (χ3n) is 4.14. The van der Waals surface area contributed by atoms with Crippen LogP contribution in [0.4, 0.5) is 0 Å². The average molecular weight is 336 g/mol. The number of nitrogens with zero attached hydrogens (tertiary/aromatic N) is 3. The quantitative estimate of drug-likeness (QED) is 0.883. The molecule has 1 fully saturated rings. The Bertz CT molecular complexity index is 760. The molecule has 1 N–H and O–H groups in total. The molecule has 1 aromatic heterocycles. The molecule has 0 bridgehead atoms. The van der Waals surface area contributed by atoms with Gasteiger partial charge in [0, 0.05) is 37.6 Å². The summed E-state index contributed by atoms with van der Waals surface area (Å²) >= 11 is 0. The molecule has 0 amide bonds. The van der Waals surface area contributed by atoms with Gasteiger partial charge in [-0.25, -0.2) is 17.7 Å². The SMILES string of the molecule is COC[C@@H]1CN(S(C)(=O)=O)C[C@H]1c1nc(-c2ccccc2)n[nH]1. The molecular weight excluding hydrogens is 316 g/mol. The van der Waals surface area contributed by atoms with Gasteiger partial charge in [-0.3, -0.25) is 5.10 Å². The monoisotopic (exact) mass is 336 g/mol.